The smallest absolute Gasteiger partial charge is 0.240 e. The molecular weight excluding hydrogens is 422 g/mol. The standard InChI is InChI=1S/C21H23N3O4S2/c1-15-6-3-4-7-18(15)20(25)19-14-23-21(29-19)22-12-5-13-24-30(26,27)17-10-8-16(28-2)9-11-17/h3-4,6-11,14,24H,5,12-13H2,1-2H3,(H,22,23). The number of carbonyl (C=O) groups excluding carboxylic acids is 1. The molecule has 1 aromatic heterocycles. The normalized spacial score (nSPS) is 11.3. The highest BCUT2D eigenvalue weighted by Gasteiger charge is 2.15. The van der Waals surface area contributed by atoms with E-state index < -0.39 is 10.0 Å². The number of ether oxygens (including phenoxy) is 1. The topological polar surface area (TPSA) is 97.4 Å². The monoisotopic (exact) mass is 445 g/mol. The van der Waals surface area contributed by atoms with Crippen LogP contribution in [-0.2, 0) is 10.0 Å². The molecule has 0 amide bonds. The van der Waals surface area contributed by atoms with Crippen LogP contribution in [0.15, 0.2) is 59.6 Å². The van der Waals surface area contributed by atoms with Crippen LogP contribution in [0.25, 0.3) is 0 Å². The van der Waals surface area contributed by atoms with E-state index in [4.69, 9.17) is 4.74 Å². The zero-order valence-corrected chi connectivity index (χ0v) is 18.3. The molecule has 0 spiro atoms. The summed E-state index contributed by atoms with van der Waals surface area (Å²) in [6.07, 6.45) is 2.13. The predicted octanol–water partition coefficient (Wildman–Crippen LogP) is 3.47. The molecule has 0 saturated carbocycles. The number of nitrogens with one attached hydrogen (secondary N) is 2. The van der Waals surface area contributed by atoms with Gasteiger partial charge in [-0.2, -0.15) is 0 Å². The summed E-state index contributed by atoms with van der Waals surface area (Å²) in [5.74, 6) is 0.549. The Balaban J connectivity index is 1.47. The number of hydrogen-bond donors (Lipinski definition) is 2. The Kier molecular flexibility index (Phi) is 7.20. The molecule has 0 aliphatic carbocycles. The van der Waals surface area contributed by atoms with Crippen molar-refractivity contribution in [2.45, 2.75) is 18.2 Å². The molecule has 2 N–H and O–H groups in total. The number of carbonyl (C=O) groups is 1. The molecule has 9 heteroatoms. The van der Waals surface area contributed by atoms with Crippen molar-refractivity contribution in [3.05, 3.63) is 70.7 Å². The number of nitrogens with zero attached hydrogens (tertiary/aromatic N) is 1. The molecule has 2 aromatic carbocycles. The molecule has 3 rings (SSSR count). The molecule has 1 heterocycles. The van der Waals surface area contributed by atoms with E-state index in [2.05, 4.69) is 15.0 Å². The lowest BCUT2D eigenvalue weighted by molar-refractivity contribution is 0.104. The number of aryl methyl sites for hydroxylation is 1. The summed E-state index contributed by atoms with van der Waals surface area (Å²) in [6.45, 7) is 2.71. The van der Waals surface area contributed by atoms with Gasteiger partial charge in [0.1, 0.15) is 5.75 Å². The van der Waals surface area contributed by atoms with Gasteiger partial charge in [-0.15, -0.1) is 0 Å². The molecular formula is C21H23N3O4S2. The molecule has 0 unspecified atom stereocenters. The average molecular weight is 446 g/mol. The van der Waals surface area contributed by atoms with Crippen molar-refractivity contribution in [2.75, 3.05) is 25.5 Å². The van der Waals surface area contributed by atoms with Crippen LogP contribution >= 0.6 is 11.3 Å². The second kappa shape index (κ2) is 9.84. The van der Waals surface area contributed by atoms with Gasteiger partial charge in [-0.1, -0.05) is 35.6 Å². The highest BCUT2D eigenvalue weighted by molar-refractivity contribution is 7.89. The van der Waals surface area contributed by atoms with E-state index in [0.717, 1.165) is 5.56 Å². The Morgan fingerprint density at radius 2 is 1.83 bits per heavy atom. The van der Waals surface area contributed by atoms with Gasteiger partial charge in [0.2, 0.25) is 15.8 Å². The maximum Gasteiger partial charge on any atom is 0.240 e. The molecule has 0 fully saturated rings. The van der Waals surface area contributed by atoms with Gasteiger partial charge in [0, 0.05) is 18.7 Å². The van der Waals surface area contributed by atoms with E-state index in [1.54, 1.807) is 24.4 Å². The maximum absolute atomic E-state index is 12.6. The second-order valence-electron chi connectivity index (χ2n) is 6.53. The molecule has 0 aliphatic heterocycles. The van der Waals surface area contributed by atoms with Crippen LogP contribution in [0.1, 0.15) is 27.2 Å². The van der Waals surface area contributed by atoms with Gasteiger partial charge in [0.25, 0.3) is 0 Å². The van der Waals surface area contributed by atoms with E-state index in [0.29, 0.717) is 34.3 Å². The molecule has 7 nitrogen and oxygen atoms in total. The summed E-state index contributed by atoms with van der Waals surface area (Å²) in [6, 6.07) is 13.7. The molecule has 0 radical (unpaired) electrons. The molecule has 158 valence electrons. The third kappa shape index (κ3) is 5.44. The zero-order valence-electron chi connectivity index (χ0n) is 16.7. The SMILES string of the molecule is COc1ccc(S(=O)(=O)NCCCNc2ncc(C(=O)c3ccccc3C)s2)cc1. The summed E-state index contributed by atoms with van der Waals surface area (Å²) in [7, 11) is -2.04. The van der Waals surface area contributed by atoms with Crippen molar-refractivity contribution >= 4 is 32.3 Å². The van der Waals surface area contributed by atoms with Crippen molar-refractivity contribution < 1.29 is 17.9 Å². The number of methoxy groups -OCH3 is 1. The minimum Gasteiger partial charge on any atom is -0.497 e. The fourth-order valence-electron chi connectivity index (χ4n) is 2.75. The molecule has 0 bridgehead atoms. The first kappa shape index (κ1) is 21.9. The minimum absolute atomic E-state index is 0.0501. The van der Waals surface area contributed by atoms with Crippen LogP contribution in [0.5, 0.6) is 5.75 Å². The lowest BCUT2D eigenvalue weighted by atomic mass is 10.0. The Labute approximate surface area is 180 Å². The van der Waals surface area contributed by atoms with Crippen molar-refractivity contribution in [1.29, 1.82) is 0 Å². The number of rotatable bonds is 10. The molecule has 3 aromatic rings. The van der Waals surface area contributed by atoms with Crippen LogP contribution in [0.3, 0.4) is 0 Å². The van der Waals surface area contributed by atoms with E-state index in [-0.39, 0.29) is 17.2 Å². The van der Waals surface area contributed by atoms with Crippen LogP contribution in [-0.4, -0.2) is 39.4 Å². The van der Waals surface area contributed by atoms with Crippen LogP contribution < -0.4 is 14.8 Å². The second-order valence-corrected chi connectivity index (χ2v) is 9.32. The van der Waals surface area contributed by atoms with Crippen molar-refractivity contribution in [1.82, 2.24) is 9.71 Å². The van der Waals surface area contributed by atoms with Gasteiger partial charge < -0.3 is 10.1 Å². The Morgan fingerprint density at radius 1 is 1.10 bits per heavy atom. The average Bonchev–Trinajstić information content (AvgIpc) is 3.22. The first-order valence-electron chi connectivity index (χ1n) is 9.34. The zero-order chi connectivity index (χ0) is 21.6. The quantitative estimate of drug-likeness (QED) is 0.366. The van der Waals surface area contributed by atoms with Crippen LogP contribution in [0.4, 0.5) is 5.13 Å². The van der Waals surface area contributed by atoms with Crippen LogP contribution in [0, 0.1) is 6.92 Å². The Hall–Kier alpha value is -2.75. The minimum atomic E-state index is -3.56. The van der Waals surface area contributed by atoms with Crippen molar-refractivity contribution in [3.8, 4) is 5.75 Å². The summed E-state index contributed by atoms with van der Waals surface area (Å²) in [4.78, 5) is 17.6. The number of aromatic nitrogens is 1. The third-order valence-corrected chi connectivity index (χ3v) is 6.84. The Bertz CT molecular complexity index is 1110. The van der Waals surface area contributed by atoms with Gasteiger partial charge in [-0.3, -0.25) is 4.79 Å². The van der Waals surface area contributed by atoms with Crippen LogP contribution in [0.2, 0.25) is 0 Å². The third-order valence-electron chi connectivity index (χ3n) is 4.41. The maximum atomic E-state index is 12.6. The highest BCUT2D eigenvalue weighted by Crippen LogP contribution is 2.22. The van der Waals surface area contributed by atoms with Gasteiger partial charge in [-0.25, -0.2) is 18.1 Å². The number of hydrogen-bond acceptors (Lipinski definition) is 7. The van der Waals surface area contributed by atoms with Crippen molar-refractivity contribution in [2.24, 2.45) is 0 Å². The summed E-state index contributed by atoms with van der Waals surface area (Å²) >= 11 is 1.29. The fraction of sp³-hybridized carbons (Fsp3) is 0.238. The first-order chi connectivity index (χ1) is 14.4. The number of benzene rings is 2. The summed E-state index contributed by atoms with van der Waals surface area (Å²) in [5, 5.41) is 3.76. The summed E-state index contributed by atoms with van der Waals surface area (Å²) < 4.78 is 32.2. The number of thiazole rings is 1. The molecule has 0 atom stereocenters. The van der Waals surface area contributed by atoms with E-state index in [9.17, 15) is 13.2 Å². The lowest BCUT2D eigenvalue weighted by Crippen LogP contribution is -2.26. The largest absolute Gasteiger partial charge is 0.497 e. The van der Waals surface area contributed by atoms with Gasteiger partial charge in [0.05, 0.1) is 23.1 Å². The fourth-order valence-corrected chi connectivity index (χ4v) is 4.62. The van der Waals surface area contributed by atoms with Gasteiger partial charge in [0.15, 0.2) is 5.13 Å². The molecule has 0 aliphatic rings. The molecule has 0 saturated heterocycles. The number of anilines is 1. The highest BCUT2D eigenvalue weighted by atomic mass is 32.2. The van der Waals surface area contributed by atoms with Gasteiger partial charge in [-0.05, 0) is 43.2 Å². The summed E-state index contributed by atoms with van der Waals surface area (Å²) in [5.41, 5.74) is 1.59. The van der Waals surface area contributed by atoms with E-state index in [1.165, 1.54) is 30.6 Å². The first-order valence-corrected chi connectivity index (χ1v) is 11.6. The van der Waals surface area contributed by atoms with E-state index in [1.807, 2.05) is 25.1 Å². The molecule has 30 heavy (non-hydrogen) atoms. The van der Waals surface area contributed by atoms with Crippen molar-refractivity contribution in [3.63, 3.8) is 0 Å². The lowest BCUT2D eigenvalue weighted by Gasteiger charge is -2.08. The number of ketones is 1. The number of sulfonamides is 1. The van der Waals surface area contributed by atoms with E-state index >= 15 is 0 Å². The Morgan fingerprint density at radius 3 is 2.53 bits per heavy atom. The van der Waals surface area contributed by atoms with Gasteiger partial charge >= 0.3 is 0 Å². The predicted molar refractivity (Wildman–Crippen MR) is 118 cm³/mol.